The number of rotatable bonds is 0. The predicted octanol–water partition coefficient (Wildman–Crippen LogP) is 6.65. The first kappa shape index (κ1) is 19.8. The fourth-order valence-electron chi connectivity index (χ4n) is 9.40. The van der Waals surface area contributed by atoms with Crippen LogP contribution in [0.3, 0.4) is 0 Å². The average Bonchev–Trinajstić information content (AvgIpc) is 3.23. The molecular weight excluding hydrogens is 368 g/mol. The molecular formula is C28H40O2. The quantitative estimate of drug-likeness (QED) is 0.420. The summed E-state index contributed by atoms with van der Waals surface area (Å²) in [6.45, 7) is 9.89. The number of ketones is 1. The lowest BCUT2D eigenvalue weighted by atomic mass is 9.56. The number of carbonyl (C=O) groups excluding carboxylic acids is 1. The molecule has 0 amide bonds. The zero-order chi connectivity index (χ0) is 20.8. The van der Waals surface area contributed by atoms with Gasteiger partial charge in [-0.15, -0.1) is 0 Å². The maximum atomic E-state index is 12.1. The number of hydrogen-bond donors (Lipinski definition) is 0. The van der Waals surface area contributed by atoms with Crippen LogP contribution < -0.4 is 0 Å². The van der Waals surface area contributed by atoms with E-state index in [-0.39, 0.29) is 11.0 Å². The molecule has 0 bridgehead atoms. The summed E-state index contributed by atoms with van der Waals surface area (Å²) in [5, 5.41) is 0. The van der Waals surface area contributed by atoms with E-state index in [0.29, 0.717) is 17.8 Å². The first-order chi connectivity index (χ1) is 14.3. The van der Waals surface area contributed by atoms with Crippen molar-refractivity contribution in [3.63, 3.8) is 0 Å². The molecule has 1 spiro atoms. The number of fused-ring (bicyclic) bond motifs is 6. The molecule has 2 nitrogen and oxygen atoms in total. The van der Waals surface area contributed by atoms with Gasteiger partial charge in [-0.2, -0.15) is 0 Å². The van der Waals surface area contributed by atoms with Crippen LogP contribution in [0.25, 0.3) is 0 Å². The normalized spacial score (nSPS) is 52.6. The van der Waals surface area contributed by atoms with E-state index in [4.69, 9.17) is 4.74 Å². The highest BCUT2D eigenvalue weighted by molar-refractivity contribution is 5.91. The Bertz CT molecular complexity index is 836. The van der Waals surface area contributed by atoms with E-state index in [1.165, 1.54) is 50.5 Å². The molecule has 1 heterocycles. The van der Waals surface area contributed by atoms with Crippen molar-refractivity contribution in [2.45, 2.75) is 104 Å². The second kappa shape index (κ2) is 6.56. The fourth-order valence-corrected chi connectivity index (χ4v) is 9.40. The maximum absolute atomic E-state index is 12.1. The van der Waals surface area contributed by atoms with Crippen LogP contribution in [-0.2, 0) is 9.53 Å². The van der Waals surface area contributed by atoms with Crippen LogP contribution in [0.15, 0.2) is 22.8 Å². The molecule has 164 valence electrons. The van der Waals surface area contributed by atoms with Crippen molar-refractivity contribution >= 4 is 5.78 Å². The lowest BCUT2D eigenvalue weighted by Crippen LogP contribution is -2.42. The van der Waals surface area contributed by atoms with Crippen LogP contribution >= 0.6 is 0 Å². The first-order valence-corrected chi connectivity index (χ1v) is 13.0. The van der Waals surface area contributed by atoms with Crippen molar-refractivity contribution in [3.8, 4) is 0 Å². The summed E-state index contributed by atoms with van der Waals surface area (Å²) in [6.07, 6.45) is 14.7. The summed E-state index contributed by atoms with van der Waals surface area (Å²) in [7, 11) is 0. The molecule has 2 heteroatoms. The van der Waals surface area contributed by atoms with Gasteiger partial charge in [0.1, 0.15) is 0 Å². The zero-order valence-electron chi connectivity index (χ0n) is 19.5. The monoisotopic (exact) mass is 408 g/mol. The third-order valence-corrected chi connectivity index (χ3v) is 11.2. The second-order valence-electron chi connectivity index (χ2n) is 12.3. The van der Waals surface area contributed by atoms with Crippen LogP contribution in [0.2, 0.25) is 0 Å². The molecule has 30 heavy (non-hydrogen) atoms. The Morgan fingerprint density at radius 3 is 2.70 bits per heavy atom. The highest BCUT2D eigenvalue weighted by atomic mass is 16.5. The molecule has 0 N–H and O–H groups in total. The lowest BCUT2D eigenvalue weighted by Gasteiger charge is -2.48. The Hall–Kier alpha value is -0.890. The first-order valence-electron chi connectivity index (χ1n) is 13.0. The van der Waals surface area contributed by atoms with Crippen molar-refractivity contribution in [1.82, 2.24) is 0 Å². The number of ether oxygens (including phenoxy) is 1. The molecule has 0 aromatic heterocycles. The molecule has 6 aliphatic rings. The van der Waals surface area contributed by atoms with Crippen LogP contribution in [0.4, 0.5) is 0 Å². The van der Waals surface area contributed by atoms with E-state index < -0.39 is 0 Å². The van der Waals surface area contributed by atoms with Gasteiger partial charge in [0, 0.05) is 6.42 Å². The van der Waals surface area contributed by atoms with E-state index in [1.54, 1.807) is 11.1 Å². The van der Waals surface area contributed by atoms with E-state index >= 15 is 0 Å². The fraction of sp³-hybridized carbons (Fsp3) is 0.821. The van der Waals surface area contributed by atoms with Gasteiger partial charge in [0.15, 0.2) is 5.78 Å². The zero-order valence-corrected chi connectivity index (χ0v) is 19.5. The topological polar surface area (TPSA) is 26.3 Å². The molecule has 5 aliphatic carbocycles. The minimum absolute atomic E-state index is 0.0286. The molecule has 0 unspecified atom stereocenters. The third kappa shape index (κ3) is 2.49. The molecule has 4 fully saturated rings. The summed E-state index contributed by atoms with van der Waals surface area (Å²) in [6, 6.07) is 0. The van der Waals surface area contributed by atoms with Crippen LogP contribution in [0.1, 0.15) is 91.9 Å². The van der Waals surface area contributed by atoms with Gasteiger partial charge in [0.05, 0.1) is 11.7 Å². The van der Waals surface area contributed by atoms with Crippen LogP contribution in [-0.4, -0.2) is 17.5 Å². The maximum Gasteiger partial charge on any atom is 0.155 e. The third-order valence-electron chi connectivity index (χ3n) is 11.2. The summed E-state index contributed by atoms with van der Waals surface area (Å²) in [4.78, 5) is 12.1. The lowest BCUT2D eigenvalue weighted by molar-refractivity contribution is -0.116. The number of hydrogen-bond acceptors (Lipinski definition) is 2. The Balaban J connectivity index is 1.36. The predicted molar refractivity (Wildman–Crippen MR) is 120 cm³/mol. The standard InChI is InChI=1S/C28H40O2/c1-16-5-7-21-17(2)28(30-26(21)13-16)12-10-22-23-8-6-19-14-20(29)9-11-27(19,4)25(23)15-24(22)18(28)3/h14,16-17,21-23,25-26H,5-13,15H2,1-4H3/t16-,17-,21+,22+,23+,25+,26-,27+,28-/m1/s1. The minimum Gasteiger partial charge on any atom is -0.367 e. The van der Waals surface area contributed by atoms with Crippen molar-refractivity contribution < 1.29 is 9.53 Å². The van der Waals surface area contributed by atoms with E-state index in [0.717, 1.165) is 48.9 Å². The van der Waals surface area contributed by atoms with Gasteiger partial charge in [0.25, 0.3) is 0 Å². The number of carbonyl (C=O) groups is 1. The minimum atomic E-state index is 0.0286. The Morgan fingerprint density at radius 1 is 1.03 bits per heavy atom. The van der Waals surface area contributed by atoms with Gasteiger partial charge < -0.3 is 4.74 Å². The van der Waals surface area contributed by atoms with E-state index in [1.807, 2.05) is 6.08 Å². The highest BCUT2D eigenvalue weighted by Gasteiger charge is 2.60. The summed E-state index contributed by atoms with van der Waals surface area (Å²) < 4.78 is 7.08. The molecule has 1 saturated heterocycles. The van der Waals surface area contributed by atoms with Crippen molar-refractivity contribution in [1.29, 1.82) is 0 Å². The highest BCUT2D eigenvalue weighted by Crippen LogP contribution is 2.66. The van der Waals surface area contributed by atoms with E-state index in [9.17, 15) is 4.79 Å². The molecule has 0 radical (unpaired) electrons. The average molecular weight is 409 g/mol. The Labute approximate surface area is 182 Å². The Morgan fingerprint density at radius 2 is 1.87 bits per heavy atom. The van der Waals surface area contributed by atoms with Crippen molar-refractivity contribution in [3.05, 3.63) is 22.8 Å². The largest absolute Gasteiger partial charge is 0.367 e. The summed E-state index contributed by atoms with van der Waals surface area (Å²) in [5.74, 6) is 5.00. The van der Waals surface area contributed by atoms with Crippen LogP contribution in [0.5, 0.6) is 0 Å². The SMILES string of the molecule is CC1=C2C[C@H]3[C@@H](CCC4=CC(=O)CC[C@@]43C)[C@@H]2CC[C@]12O[C@@H]1C[C@H](C)CC[C@H]1[C@H]2C. The van der Waals surface area contributed by atoms with Crippen LogP contribution in [0, 0.1) is 40.9 Å². The number of allylic oxidation sites excluding steroid dienone is 3. The molecule has 0 aromatic rings. The van der Waals surface area contributed by atoms with E-state index in [2.05, 4.69) is 27.7 Å². The van der Waals surface area contributed by atoms with Gasteiger partial charge in [0.2, 0.25) is 0 Å². The molecule has 0 aromatic carbocycles. The summed E-state index contributed by atoms with van der Waals surface area (Å²) >= 11 is 0. The van der Waals surface area contributed by atoms with Gasteiger partial charge >= 0.3 is 0 Å². The van der Waals surface area contributed by atoms with Gasteiger partial charge in [-0.25, -0.2) is 0 Å². The van der Waals surface area contributed by atoms with Crippen molar-refractivity contribution in [2.75, 3.05) is 0 Å². The molecule has 3 saturated carbocycles. The van der Waals surface area contributed by atoms with Gasteiger partial charge in [-0.3, -0.25) is 4.79 Å². The molecule has 6 rings (SSSR count). The smallest absolute Gasteiger partial charge is 0.155 e. The Kier molecular flexibility index (Phi) is 4.32. The summed E-state index contributed by atoms with van der Waals surface area (Å²) in [5.41, 5.74) is 5.20. The van der Waals surface area contributed by atoms with Gasteiger partial charge in [-0.1, -0.05) is 38.3 Å². The second-order valence-corrected chi connectivity index (χ2v) is 12.3. The molecule has 1 aliphatic heterocycles. The van der Waals surface area contributed by atoms with Gasteiger partial charge in [-0.05, 0) is 111 Å². The van der Waals surface area contributed by atoms with Crippen molar-refractivity contribution in [2.24, 2.45) is 40.9 Å². The molecule has 9 atom stereocenters.